The maximum Gasteiger partial charge on any atom is 0.323 e. The SMILES string of the molecule is Cc1cccc(Cl)c1NC(=O)N(CC(=O)O)C1CC1. The molecular formula is C13H15ClN2O3. The number of carbonyl (C=O) groups is 2. The number of rotatable bonds is 4. The van der Waals surface area contributed by atoms with E-state index in [2.05, 4.69) is 5.32 Å². The molecule has 0 saturated heterocycles. The van der Waals surface area contributed by atoms with Crippen LogP contribution in [0.4, 0.5) is 10.5 Å². The van der Waals surface area contributed by atoms with Crippen LogP contribution in [0.2, 0.25) is 5.02 Å². The number of halogens is 1. The maximum absolute atomic E-state index is 12.1. The van der Waals surface area contributed by atoms with Crippen LogP contribution in [-0.2, 0) is 4.79 Å². The number of nitrogens with one attached hydrogen (secondary N) is 1. The molecule has 0 unspecified atom stereocenters. The number of benzene rings is 1. The highest BCUT2D eigenvalue weighted by Crippen LogP contribution is 2.29. The van der Waals surface area contributed by atoms with Crippen LogP contribution < -0.4 is 5.32 Å². The molecule has 2 N–H and O–H groups in total. The minimum absolute atomic E-state index is 0.0268. The number of hydrogen-bond donors (Lipinski definition) is 2. The highest BCUT2D eigenvalue weighted by Gasteiger charge is 2.34. The Labute approximate surface area is 116 Å². The molecular weight excluding hydrogens is 268 g/mol. The summed E-state index contributed by atoms with van der Waals surface area (Å²) in [5.41, 5.74) is 1.37. The highest BCUT2D eigenvalue weighted by atomic mass is 35.5. The smallest absolute Gasteiger partial charge is 0.323 e. The summed E-state index contributed by atoms with van der Waals surface area (Å²) in [6, 6.07) is 4.92. The largest absolute Gasteiger partial charge is 0.480 e. The predicted molar refractivity (Wildman–Crippen MR) is 72.6 cm³/mol. The van der Waals surface area contributed by atoms with E-state index in [1.54, 1.807) is 12.1 Å². The summed E-state index contributed by atoms with van der Waals surface area (Å²) in [7, 11) is 0. The molecule has 0 aliphatic heterocycles. The lowest BCUT2D eigenvalue weighted by Gasteiger charge is -2.21. The predicted octanol–water partition coefficient (Wildman–Crippen LogP) is 2.73. The fourth-order valence-corrected chi connectivity index (χ4v) is 2.14. The van der Waals surface area contributed by atoms with Crippen LogP contribution in [0.3, 0.4) is 0 Å². The Hall–Kier alpha value is -1.75. The minimum atomic E-state index is -1.02. The van der Waals surface area contributed by atoms with Crippen molar-refractivity contribution in [2.45, 2.75) is 25.8 Å². The second-order valence-electron chi connectivity index (χ2n) is 4.61. The summed E-state index contributed by atoms with van der Waals surface area (Å²) in [4.78, 5) is 24.3. The number of hydrogen-bond acceptors (Lipinski definition) is 2. The highest BCUT2D eigenvalue weighted by molar-refractivity contribution is 6.33. The molecule has 19 heavy (non-hydrogen) atoms. The van der Waals surface area contributed by atoms with Gasteiger partial charge in [-0.15, -0.1) is 0 Å². The molecule has 0 aromatic heterocycles. The summed E-state index contributed by atoms with van der Waals surface area (Å²) in [5, 5.41) is 12.0. The van der Waals surface area contributed by atoms with Crippen molar-refractivity contribution < 1.29 is 14.7 Å². The molecule has 0 bridgehead atoms. The number of urea groups is 1. The van der Waals surface area contributed by atoms with E-state index in [9.17, 15) is 9.59 Å². The number of aryl methyl sites for hydroxylation is 1. The van der Waals surface area contributed by atoms with Crippen LogP contribution in [0.1, 0.15) is 18.4 Å². The molecule has 0 heterocycles. The fourth-order valence-electron chi connectivity index (χ4n) is 1.87. The van der Waals surface area contributed by atoms with E-state index in [0.717, 1.165) is 18.4 Å². The lowest BCUT2D eigenvalue weighted by molar-refractivity contribution is -0.137. The van der Waals surface area contributed by atoms with Gasteiger partial charge in [0.1, 0.15) is 6.54 Å². The number of amides is 2. The third-order valence-corrected chi connectivity index (χ3v) is 3.32. The van der Waals surface area contributed by atoms with Gasteiger partial charge in [0.25, 0.3) is 0 Å². The van der Waals surface area contributed by atoms with Crippen molar-refractivity contribution >= 4 is 29.3 Å². The zero-order valence-electron chi connectivity index (χ0n) is 10.5. The van der Waals surface area contributed by atoms with Crippen molar-refractivity contribution in [3.05, 3.63) is 28.8 Å². The number of para-hydroxylation sites is 1. The van der Waals surface area contributed by atoms with Crippen molar-refractivity contribution in [1.82, 2.24) is 4.90 Å². The van der Waals surface area contributed by atoms with Crippen LogP contribution in [0.15, 0.2) is 18.2 Å². The van der Waals surface area contributed by atoms with Crippen LogP contribution in [0.25, 0.3) is 0 Å². The van der Waals surface area contributed by atoms with Crippen molar-refractivity contribution in [2.24, 2.45) is 0 Å². The number of carboxylic acid groups (broad SMARTS) is 1. The van der Waals surface area contributed by atoms with Gasteiger partial charge >= 0.3 is 12.0 Å². The number of nitrogens with zero attached hydrogens (tertiary/aromatic N) is 1. The van der Waals surface area contributed by atoms with Gasteiger partial charge in [-0.1, -0.05) is 23.7 Å². The topological polar surface area (TPSA) is 69.6 Å². The number of carbonyl (C=O) groups excluding carboxylic acids is 1. The zero-order chi connectivity index (χ0) is 14.0. The molecule has 1 aliphatic rings. The Morgan fingerprint density at radius 1 is 1.47 bits per heavy atom. The molecule has 0 radical (unpaired) electrons. The molecule has 1 aromatic carbocycles. The Morgan fingerprint density at radius 2 is 2.16 bits per heavy atom. The van der Waals surface area contributed by atoms with Gasteiger partial charge in [-0.2, -0.15) is 0 Å². The molecule has 0 atom stereocenters. The van der Waals surface area contributed by atoms with E-state index in [1.165, 1.54) is 4.90 Å². The molecule has 6 heteroatoms. The van der Waals surface area contributed by atoms with Crippen LogP contribution in [0, 0.1) is 6.92 Å². The average molecular weight is 283 g/mol. The first-order chi connectivity index (χ1) is 8.99. The Kier molecular flexibility index (Phi) is 3.95. The normalized spacial score (nSPS) is 14.0. The van der Waals surface area contributed by atoms with Gasteiger partial charge in [0.15, 0.2) is 0 Å². The minimum Gasteiger partial charge on any atom is -0.480 e. The summed E-state index contributed by atoms with van der Waals surface area (Å²) < 4.78 is 0. The standard InChI is InChI=1S/C13H15ClN2O3/c1-8-3-2-4-10(14)12(8)15-13(19)16(7-11(17)18)9-5-6-9/h2-4,9H,5-7H2,1H3,(H,15,19)(H,17,18). The van der Waals surface area contributed by atoms with E-state index >= 15 is 0 Å². The van der Waals surface area contributed by atoms with E-state index in [1.807, 2.05) is 13.0 Å². The monoisotopic (exact) mass is 282 g/mol. The summed E-state index contributed by atoms with van der Waals surface area (Å²) in [5.74, 6) is -1.02. The van der Waals surface area contributed by atoms with Crippen molar-refractivity contribution in [3.8, 4) is 0 Å². The second kappa shape index (κ2) is 5.48. The molecule has 2 amide bonds. The first-order valence-electron chi connectivity index (χ1n) is 6.03. The molecule has 2 rings (SSSR count). The van der Waals surface area contributed by atoms with E-state index < -0.39 is 12.0 Å². The Bertz CT molecular complexity index is 494. The van der Waals surface area contributed by atoms with Gasteiger partial charge in [-0.3, -0.25) is 4.79 Å². The Morgan fingerprint density at radius 3 is 2.68 bits per heavy atom. The van der Waals surface area contributed by atoms with Crippen LogP contribution >= 0.6 is 11.6 Å². The second-order valence-corrected chi connectivity index (χ2v) is 5.02. The molecule has 102 valence electrons. The van der Waals surface area contributed by atoms with Gasteiger partial charge in [0.05, 0.1) is 10.7 Å². The lowest BCUT2D eigenvalue weighted by Crippen LogP contribution is -2.40. The van der Waals surface area contributed by atoms with Gasteiger partial charge < -0.3 is 15.3 Å². The van der Waals surface area contributed by atoms with E-state index in [-0.39, 0.29) is 12.6 Å². The molecule has 5 nitrogen and oxygen atoms in total. The van der Waals surface area contributed by atoms with Crippen molar-refractivity contribution in [2.75, 3.05) is 11.9 Å². The van der Waals surface area contributed by atoms with Crippen molar-refractivity contribution in [1.29, 1.82) is 0 Å². The average Bonchev–Trinajstić information content (AvgIpc) is 3.14. The van der Waals surface area contributed by atoms with E-state index in [4.69, 9.17) is 16.7 Å². The zero-order valence-corrected chi connectivity index (χ0v) is 11.3. The Balaban J connectivity index is 2.12. The van der Waals surface area contributed by atoms with Crippen molar-refractivity contribution in [3.63, 3.8) is 0 Å². The number of anilines is 1. The number of carboxylic acids is 1. The van der Waals surface area contributed by atoms with Crippen LogP contribution in [-0.4, -0.2) is 34.6 Å². The molecule has 0 spiro atoms. The fraction of sp³-hybridized carbons (Fsp3) is 0.385. The summed E-state index contributed by atoms with van der Waals surface area (Å²) in [6.45, 7) is 1.54. The summed E-state index contributed by atoms with van der Waals surface area (Å²) >= 11 is 6.03. The van der Waals surface area contributed by atoms with Gasteiger partial charge in [-0.25, -0.2) is 4.79 Å². The van der Waals surface area contributed by atoms with Gasteiger partial charge in [-0.05, 0) is 31.4 Å². The third-order valence-electron chi connectivity index (χ3n) is 3.01. The third kappa shape index (κ3) is 3.38. The molecule has 1 saturated carbocycles. The maximum atomic E-state index is 12.1. The molecule has 1 fully saturated rings. The lowest BCUT2D eigenvalue weighted by atomic mass is 10.2. The molecule has 1 aromatic rings. The first kappa shape index (κ1) is 13.7. The molecule has 1 aliphatic carbocycles. The van der Waals surface area contributed by atoms with Crippen LogP contribution in [0.5, 0.6) is 0 Å². The quantitative estimate of drug-likeness (QED) is 0.892. The summed E-state index contributed by atoms with van der Waals surface area (Å²) in [6.07, 6.45) is 1.70. The van der Waals surface area contributed by atoms with Gasteiger partial charge in [0.2, 0.25) is 0 Å². The van der Waals surface area contributed by atoms with E-state index in [0.29, 0.717) is 10.7 Å². The number of aliphatic carboxylic acids is 1. The van der Waals surface area contributed by atoms with Gasteiger partial charge in [0, 0.05) is 6.04 Å². The first-order valence-corrected chi connectivity index (χ1v) is 6.41.